The predicted molar refractivity (Wildman–Crippen MR) is 81.4 cm³/mol. The average molecular weight is 273 g/mol. The number of carbonyl (C=O) groups is 1. The molecule has 1 rings (SSSR count). The second kappa shape index (κ2) is 8.34. The highest BCUT2D eigenvalue weighted by Crippen LogP contribution is 2.09. The maximum Gasteiger partial charge on any atom is 0.238 e. The third-order valence-electron chi connectivity index (χ3n) is 3.38. The van der Waals surface area contributed by atoms with Gasteiger partial charge in [-0.2, -0.15) is 5.26 Å². The van der Waals surface area contributed by atoms with Gasteiger partial charge in [-0.05, 0) is 36.7 Å². The standard InChI is InChI=1S/C16H23N3O/c1-4-13(3)11-19(5-2)12-16(20)18-15-8-6-14(10-17)7-9-15/h6-9,13H,4-5,11-12H2,1-3H3,(H,18,20). The van der Waals surface area contributed by atoms with Crippen LogP contribution in [-0.4, -0.2) is 30.4 Å². The topological polar surface area (TPSA) is 56.1 Å². The first-order chi connectivity index (χ1) is 9.58. The highest BCUT2D eigenvalue weighted by Gasteiger charge is 2.11. The highest BCUT2D eigenvalue weighted by molar-refractivity contribution is 5.92. The summed E-state index contributed by atoms with van der Waals surface area (Å²) < 4.78 is 0. The Labute approximate surface area is 121 Å². The van der Waals surface area contributed by atoms with Crippen molar-refractivity contribution in [3.8, 4) is 6.07 Å². The molecule has 1 atom stereocenters. The summed E-state index contributed by atoms with van der Waals surface area (Å²) in [5.74, 6) is 0.581. The van der Waals surface area contributed by atoms with Gasteiger partial charge in [-0.3, -0.25) is 9.69 Å². The van der Waals surface area contributed by atoms with Gasteiger partial charge in [0.15, 0.2) is 0 Å². The number of nitrogens with zero attached hydrogens (tertiary/aromatic N) is 2. The molecule has 4 nitrogen and oxygen atoms in total. The van der Waals surface area contributed by atoms with Crippen molar-refractivity contribution in [3.05, 3.63) is 29.8 Å². The molecule has 0 aliphatic carbocycles. The summed E-state index contributed by atoms with van der Waals surface area (Å²) >= 11 is 0. The van der Waals surface area contributed by atoms with Gasteiger partial charge in [-0.25, -0.2) is 0 Å². The van der Waals surface area contributed by atoms with E-state index in [-0.39, 0.29) is 5.91 Å². The first-order valence-electron chi connectivity index (χ1n) is 7.11. The van der Waals surface area contributed by atoms with E-state index in [0.717, 1.165) is 25.2 Å². The van der Waals surface area contributed by atoms with Crippen LogP contribution in [0.25, 0.3) is 0 Å². The van der Waals surface area contributed by atoms with Crippen LogP contribution in [-0.2, 0) is 4.79 Å². The minimum Gasteiger partial charge on any atom is -0.325 e. The van der Waals surface area contributed by atoms with Gasteiger partial charge in [0.05, 0.1) is 18.2 Å². The van der Waals surface area contributed by atoms with Crippen molar-refractivity contribution in [2.45, 2.75) is 27.2 Å². The lowest BCUT2D eigenvalue weighted by Crippen LogP contribution is -2.35. The monoisotopic (exact) mass is 273 g/mol. The van der Waals surface area contributed by atoms with E-state index < -0.39 is 0 Å². The van der Waals surface area contributed by atoms with Crippen molar-refractivity contribution in [1.29, 1.82) is 5.26 Å². The third kappa shape index (κ3) is 5.41. The minimum absolute atomic E-state index is 0.0140. The number of hydrogen-bond acceptors (Lipinski definition) is 3. The second-order valence-electron chi connectivity index (χ2n) is 5.08. The minimum atomic E-state index is -0.0140. The molecule has 0 bridgehead atoms. The van der Waals surface area contributed by atoms with Crippen molar-refractivity contribution in [3.63, 3.8) is 0 Å². The number of rotatable bonds is 7. The summed E-state index contributed by atoms with van der Waals surface area (Å²) in [5.41, 5.74) is 1.32. The molecule has 1 amide bonds. The number of likely N-dealkylation sites (N-methyl/N-ethyl adjacent to an activating group) is 1. The number of amides is 1. The Morgan fingerprint density at radius 1 is 1.35 bits per heavy atom. The van der Waals surface area contributed by atoms with Crippen molar-refractivity contribution >= 4 is 11.6 Å². The predicted octanol–water partition coefficient (Wildman–Crippen LogP) is 2.86. The fraction of sp³-hybridized carbons (Fsp3) is 0.500. The van der Waals surface area contributed by atoms with E-state index in [2.05, 4.69) is 37.1 Å². The Morgan fingerprint density at radius 2 is 2.00 bits per heavy atom. The molecule has 108 valence electrons. The lowest BCUT2D eigenvalue weighted by atomic mass is 10.1. The molecule has 0 aromatic heterocycles. The molecule has 0 saturated heterocycles. The highest BCUT2D eigenvalue weighted by atomic mass is 16.2. The van der Waals surface area contributed by atoms with Gasteiger partial charge in [-0.1, -0.05) is 27.2 Å². The number of carbonyl (C=O) groups excluding carboxylic acids is 1. The van der Waals surface area contributed by atoms with E-state index in [1.54, 1.807) is 24.3 Å². The summed E-state index contributed by atoms with van der Waals surface area (Å²) in [5, 5.41) is 11.6. The Morgan fingerprint density at radius 3 is 2.50 bits per heavy atom. The Kier molecular flexibility index (Phi) is 6.75. The molecule has 20 heavy (non-hydrogen) atoms. The van der Waals surface area contributed by atoms with Crippen molar-refractivity contribution in [2.24, 2.45) is 5.92 Å². The van der Waals surface area contributed by atoms with E-state index in [1.807, 2.05) is 0 Å². The molecule has 0 radical (unpaired) electrons. The van der Waals surface area contributed by atoms with Crippen LogP contribution < -0.4 is 5.32 Å². The quantitative estimate of drug-likeness (QED) is 0.831. The number of nitriles is 1. The number of anilines is 1. The van der Waals surface area contributed by atoms with E-state index in [0.29, 0.717) is 18.0 Å². The molecule has 1 aromatic rings. The number of benzene rings is 1. The summed E-state index contributed by atoms with van der Waals surface area (Å²) in [7, 11) is 0. The Hall–Kier alpha value is -1.86. The van der Waals surface area contributed by atoms with Crippen molar-refractivity contribution in [1.82, 2.24) is 4.90 Å². The van der Waals surface area contributed by atoms with Gasteiger partial charge < -0.3 is 5.32 Å². The lowest BCUT2D eigenvalue weighted by molar-refractivity contribution is -0.117. The van der Waals surface area contributed by atoms with Crippen LogP contribution in [0.1, 0.15) is 32.8 Å². The lowest BCUT2D eigenvalue weighted by Gasteiger charge is -2.23. The molecule has 0 fully saturated rings. The molecule has 0 aliphatic heterocycles. The Bertz CT molecular complexity index is 462. The summed E-state index contributed by atoms with van der Waals surface area (Å²) in [6, 6.07) is 8.96. The van der Waals surface area contributed by atoms with E-state index >= 15 is 0 Å². The molecule has 0 heterocycles. The van der Waals surface area contributed by atoms with Crippen LogP contribution in [0.15, 0.2) is 24.3 Å². The fourth-order valence-corrected chi connectivity index (χ4v) is 1.91. The molecule has 1 N–H and O–H groups in total. The van der Waals surface area contributed by atoms with Crippen LogP contribution in [0.5, 0.6) is 0 Å². The molecule has 1 unspecified atom stereocenters. The molecular weight excluding hydrogens is 250 g/mol. The zero-order valence-corrected chi connectivity index (χ0v) is 12.5. The van der Waals surface area contributed by atoms with Crippen LogP contribution in [0.2, 0.25) is 0 Å². The first kappa shape index (κ1) is 16.2. The van der Waals surface area contributed by atoms with Crippen LogP contribution >= 0.6 is 0 Å². The van der Waals surface area contributed by atoms with E-state index in [9.17, 15) is 4.79 Å². The van der Waals surface area contributed by atoms with Crippen molar-refractivity contribution < 1.29 is 4.79 Å². The molecule has 0 aliphatic rings. The van der Waals surface area contributed by atoms with Gasteiger partial charge in [0.1, 0.15) is 0 Å². The molecule has 1 aromatic carbocycles. The van der Waals surface area contributed by atoms with Crippen molar-refractivity contribution in [2.75, 3.05) is 25.0 Å². The van der Waals surface area contributed by atoms with Gasteiger partial charge in [0.2, 0.25) is 5.91 Å². The molecule has 0 spiro atoms. The summed E-state index contributed by atoms with van der Waals surface area (Å²) in [4.78, 5) is 14.1. The van der Waals surface area contributed by atoms with Crippen LogP contribution in [0.4, 0.5) is 5.69 Å². The summed E-state index contributed by atoms with van der Waals surface area (Å²) in [6.45, 7) is 8.63. The normalized spacial score (nSPS) is 11.9. The van der Waals surface area contributed by atoms with Crippen LogP contribution in [0, 0.1) is 17.2 Å². The second-order valence-corrected chi connectivity index (χ2v) is 5.08. The smallest absolute Gasteiger partial charge is 0.238 e. The molecule has 4 heteroatoms. The zero-order valence-electron chi connectivity index (χ0n) is 12.5. The molecule has 0 saturated carbocycles. The maximum absolute atomic E-state index is 12.0. The largest absolute Gasteiger partial charge is 0.325 e. The SMILES string of the molecule is CCC(C)CN(CC)CC(=O)Nc1ccc(C#N)cc1. The third-order valence-corrected chi connectivity index (χ3v) is 3.38. The van der Waals surface area contributed by atoms with Crippen LogP contribution in [0.3, 0.4) is 0 Å². The average Bonchev–Trinajstić information content (AvgIpc) is 2.47. The fourth-order valence-electron chi connectivity index (χ4n) is 1.91. The first-order valence-corrected chi connectivity index (χ1v) is 7.11. The van der Waals surface area contributed by atoms with Gasteiger partial charge in [0, 0.05) is 12.2 Å². The Balaban J connectivity index is 2.50. The molecular formula is C16H23N3O. The summed E-state index contributed by atoms with van der Waals surface area (Å²) in [6.07, 6.45) is 1.12. The van der Waals surface area contributed by atoms with E-state index in [1.165, 1.54) is 0 Å². The van der Waals surface area contributed by atoms with Gasteiger partial charge >= 0.3 is 0 Å². The maximum atomic E-state index is 12.0. The zero-order chi connectivity index (χ0) is 15.0. The van der Waals surface area contributed by atoms with E-state index in [4.69, 9.17) is 5.26 Å². The van der Waals surface area contributed by atoms with Gasteiger partial charge in [0.25, 0.3) is 0 Å². The number of hydrogen-bond donors (Lipinski definition) is 1. The number of nitrogens with one attached hydrogen (secondary N) is 1. The van der Waals surface area contributed by atoms with Gasteiger partial charge in [-0.15, -0.1) is 0 Å².